The van der Waals surface area contributed by atoms with E-state index in [4.69, 9.17) is 11.5 Å². The lowest BCUT2D eigenvalue weighted by Crippen LogP contribution is -2.12. The third-order valence-electron chi connectivity index (χ3n) is 4.79. The molecule has 0 saturated carbocycles. The molecule has 2 aromatic carbocycles. The van der Waals surface area contributed by atoms with Gasteiger partial charge in [-0.25, -0.2) is 29.9 Å². The molecule has 16 heteroatoms. The van der Waals surface area contributed by atoms with Gasteiger partial charge in [-0.3, -0.25) is 9.11 Å². The molecular formula is C20H16N8O6S2. The van der Waals surface area contributed by atoms with Crippen LogP contribution in [0, 0.1) is 0 Å². The van der Waals surface area contributed by atoms with Gasteiger partial charge in [0.2, 0.25) is 0 Å². The van der Waals surface area contributed by atoms with E-state index in [1.54, 1.807) is 0 Å². The molecule has 0 fully saturated rings. The van der Waals surface area contributed by atoms with E-state index in [9.17, 15) is 25.9 Å². The van der Waals surface area contributed by atoms with Gasteiger partial charge in [0.05, 0.1) is 0 Å². The van der Waals surface area contributed by atoms with E-state index in [1.807, 2.05) is 0 Å². The van der Waals surface area contributed by atoms with Crippen molar-refractivity contribution in [3.8, 4) is 0 Å². The van der Waals surface area contributed by atoms with Crippen molar-refractivity contribution in [1.82, 2.24) is 29.9 Å². The van der Waals surface area contributed by atoms with Gasteiger partial charge in [0.25, 0.3) is 20.2 Å². The Morgan fingerprint density at radius 2 is 0.944 bits per heavy atom. The van der Waals surface area contributed by atoms with Crippen LogP contribution >= 0.6 is 0 Å². The van der Waals surface area contributed by atoms with Crippen LogP contribution in [0.4, 0.5) is 11.4 Å². The average molecular weight is 529 g/mol. The van der Waals surface area contributed by atoms with Gasteiger partial charge in [0, 0.05) is 33.6 Å². The highest BCUT2D eigenvalue weighted by molar-refractivity contribution is 7.86. The van der Waals surface area contributed by atoms with Gasteiger partial charge in [-0.15, -0.1) is 0 Å². The van der Waals surface area contributed by atoms with Crippen LogP contribution in [0.2, 0.25) is 0 Å². The van der Waals surface area contributed by atoms with Crippen LogP contribution in [-0.4, -0.2) is 55.8 Å². The number of anilines is 2. The third kappa shape index (κ3) is 5.01. The summed E-state index contributed by atoms with van der Waals surface area (Å²) < 4.78 is 69.3. The second-order valence-corrected chi connectivity index (χ2v) is 9.91. The van der Waals surface area contributed by atoms with Crippen LogP contribution in [0.5, 0.6) is 0 Å². The molecule has 0 atom stereocenters. The molecule has 6 N–H and O–H groups in total. The van der Waals surface area contributed by atoms with Gasteiger partial charge >= 0.3 is 0 Å². The minimum atomic E-state index is -4.88. The molecule has 4 aromatic rings. The van der Waals surface area contributed by atoms with Crippen molar-refractivity contribution >= 4 is 42.8 Å². The monoisotopic (exact) mass is 528 g/mol. The van der Waals surface area contributed by atoms with Gasteiger partial charge < -0.3 is 11.5 Å². The number of aromatic nitrogens is 6. The fourth-order valence-corrected chi connectivity index (χ4v) is 4.85. The first-order chi connectivity index (χ1) is 17.0. The van der Waals surface area contributed by atoms with Gasteiger partial charge in [-0.05, 0) is 24.3 Å². The Balaban J connectivity index is 2.30. The van der Waals surface area contributed by atoms with Crippen molar-refractivity contribution in [2.75, 3.05) is 11.5 Å². The van der Waals surface area contributed by atoms with E-state index >= 15 is 0 Å². The summed E-state index contributed by atoms with van der Waals surface area (Å²) >= 11 is 0. The van der Waals surface area contributed by atoms with Crippen LogP contribution in [-0.2, 0) is 20.2 Å². The second kappa shape index (κ2) is 9.34. The number of benzene rings is 2. The van der Waals surface area contributed by atoms with E-state index in [0.29, 0.717) is 0 Å². The molecule has 14 nitrogen and oxygen atoms in total. The highest BCUT2D eigenvalue weighted by atomic mass is 32.2. The molecule has 184 valence electrons. The van der Waals surface area contributed by atoms with E-state index in [-0.39, 0.29) is 45.3 Å². The van der Waals surface area contributed by atoms with Crippen molar-refractivity contribution in [2.45, 2.75) is 9.79 Å². The molecule has 0 saturated heterocycles. The lowest BCUT2D eigenvalue weighted by molar-refractivity contribution is 0.480. The van der Waals surface area contributed by atoms with Crippen molar-refractivity contribution in [1.29, 1.82) is 0 Å². The van der Waals surface area contributed by atoms with Crippen molar-refractivity contribution in [3.05, 3.63) is 84.5 Å². The van der Waals surface area contributed by atoms with Gasteiger partial charge in [-0.2, -0.15) is 16.8 Å². The van der Waals surface area contributed by atoms with Crippen LogP contribution in [0.1, 0.15) is 22.8 Å². The molecule has 4 rings (SSSR count). The topological polar surface area (TPSA) is 238 Å². The number of nitrogens with two attached hydrogens (primary N) is 2. The Hall–Kier alpha value is -4.38. The quantitative estimate of drug-likeness (QED) is 0.153. The molecule has 0 spiro atoms. The maximum Gasteiger partial charge on any atom is 0.295 e. The lowest BCUT2D eigenvalue weighted by atomic mass is 9.92. The highest BCUT2D eigenvalue weighted by Gasteiger charge is 2.29. The van der Waals surface area contributed by atoms with Crippen LogP contribution in [0.25, 0.3) is 11.1 Å². The van der Waals surface area contributed by atoms with E-state index in [0.717, 1.165) is 37.4 Å². The van der Waals surface area contributed by atoms with Gasteiger partial charge in [-0.1, -0.05) is 12.1 Å². The van der Waals surface area contributed by atoms with Crippen LogP contribution < -0.4 is 11.5 Å². The van der Waals surface area contributed by atoms with Crippen molar-refractivity contribution in [3.63, 3.8) is 0 Å². The first-order valence-electron chi connectivity index (χ1n) is 9.70. The first-order valence-corrected chi connectivity index (χ1v) is 12.6. The van der Waals surface area contributed by atoms with E-state index in [1.165, 1.54) is 24.3 Å². The maximum absolute atomic E-state index is 12.3. The largest absolute Gasteiger partial charge is 0.399 e. The predicted molar refractivity (Wildman–Crippen MR) is 126 cm³/mol. The summed E-state index contributed by atoms with van der Waals surface area (Å²) in [5.74, 6) is -0.290. The average Bonchev–Trinajstić information content (AvgIpc) is 2.83. The van der Waals surface area contributed by atoms with Crippen molar-refractivity contribution < 1.29 is 25.9 Å². The van der Waals surface area contributed by atoms with Crippen molar-refractivity contribution in [2.24, 2.45) is 0 Å². The molecule has 0 aliphatic carbocycles. The Bertz CT molecular complexity index is 1570. The molecule has 0 amide bonds. The lowest BCUT2D eigenvalue weighted by Gasteiger charge is -2.18. The van der Waals surface area contributed by atoms with Gasteiger partial charge in [0.15, 0.2) is 11.6 Å². The normalized spacial score (nSPS) is 12.7. The number of hydrogen-bond acceptors (Lipinski definition) is 12. The summed E-state index contributed by atoms with van der Waals surface area (Å²) in [4.78, 5) is 22.6. The molecule has 0 aliphatic heterocycles. The number of hydrogen-bond donors (Lipinski definition) is 4. The zero-order chi connectivity index (χ0) is 26.1. The number of nitrogens with zero attached hydrogens (tertiary/aromatic N) is 6. The standard InChI is InChI=1S/C20H16N8O6S2/c21-11-1-3-13(15(5-11)35(29,30)31)17(19-25-7-23-8-26-19)18(20-27-9-24-10-28-20)14-4-2-12(22)6-16(14)36(32,33)34/h1-10H,21-22H2,(H,29,30,31)(H,32,33,34). The molecule has 36 heavy (non-hydrogen) atoms. The third-order valence-corrected chi connectivity index (χ3v) is 6.58. The molecule has 0 bridgehead atoms. The molecule has 0 radical (unpaired) electrons. The summed E-state index contributed by atoms with van der Waals surface area (Å²) in [6.45, 7) is 0. The summed E-state index contributed by atoms with van der Waals surface area (Å²) in [5, 5.41) is 0. The van der Waals surface area contributed by atoms with Gasteiger partial charge in [0.1, 0.15) is 35.1 Å². The highest BCUT2D eigenvalue weighted by Crippen LogP contribution is 2.39. The Morgan fingerprint density at radius 1 is 0.611 bits per heavy atom. The predicted octanol–water partition coefficient (Wildman–Crippen LogP) is 0.722. The fourth-order valence-electron chi connectivity index (χ4n) is 3.39. The second-order valence-electron chi connectivity index (χ2n) is 7.13. The summed E-state index contributed by atoms with van der Waals surface area (Å²) in [6.07, 6.45) is 4.46. The Labute approximate surface area is 204 Å². The molecule has 0 aliphatic rings. The smallest absolute Gasteiger partial charge is 0.295 e. The fraction of sp³-hybridized carbons (Fsp3) is 0. The minimum absolute atomic E-state index is 0.00851. The Kier molecular flexibility index (Phi) is 6.42. The summed E-state index contributed by atoms with van der Waals surface area (Å²) in [5.41, 5.74) is 10.9. The first kappa shape index (κ1) is 24.7. The van der Waals surface area contributed by atoms with E-state index < -0.39 is 30.0 Å². The number of rotatable bonds is 6. The zero-order valence-electron chi connectivity index (χ0n) is 18.0. The number of nitrogen functional groups attached to an aromatic ring is 2. The summed E-state index contributed by atoms with van der Waals surface area (Å²) in [7, 11) is -9.76. The molecule has 0 unspecified atom stereocenters. The zero-order valence-corrected chi connectivity index (χ0v) is 19.6. The maximum atomic E-state index is 12.3. The molecule has 2 aromatic heterocycles. The minimum Gasteiger partial charge on any atom is -0.399 e. The SMILES string of the molecule is Nc1ccc(C(=C(c2ncncn2)c2ccc(N)cc2S(=O)(=O)O)c2ncncn2)c(S(=O)(=O)O)c1. The van der Waals surface area contributed by atoms with Crippen LogP contribution in [0.15, 0.2) is 71.5 Å². The molecule has 2 heterocycles. The molecular weight excluding hydrogens is 512 g/mol. The Morgan fingerprint density at radius 3 is 1.25 bits per heavy atom. The summed E-state index contributed by atoms with van der Waals surface area (Å²) in [6, 6.07) is 7.24. The van der Waals surface area contributed by atoms with E-state index in [2.05, 4.69) is 29.9 Å². The van der Waals surface area contributed by atoms with Crippen LogP contribution in [0.3, 0.4) is 0 Å².